The summed E-state index contributed by atoms with van der Waals surface area (Å²) >= 11 is 0. The smallest absolute Gasteiger partial charge is 0.358 e. The summed E-state index contributed by atoms with van der Waals surface area (Å²) in [7, 11) is 0. The van der Waals surface area contributed by atoms with E-state index in [1.165, 1.54) is 12.1 Å². The van der Waals surface area contributed by atoms with Crippen LogP contribution in [0.15, 0.2) is 63.1 Å². The number of hydrogen-bond acceptors (Lipinski definition) is 4. The van der Waals surface area contributed by atoms with Crippen LogP contribution >= 0.6 is 0 Å². The first-order chi connectivity index (χ1) is 18.3. The number of nitrogens with zero attached hydrogens (tertiary/aromatic N) is 2. The van der Waals surface area contributed by atoms with Crippen molar-refractivity contribution in [1.82, 2.24) is 14.5 Å². The molecule has 0 unspecified atom stereocenters. The molecule has 3 N–H and O–H groups in total. The Morgan fingerprint density at radius 1 is 0.923 bits per heavy atom. The third kappa shape index (κ3) is 4.01. The zero-order valence-electron chi connectivity index (χ0n) is 19.9. The lowest BCUT2D eigenvalue weighted by molar-refractivity contribution is -0.301. The van der Waals surface area contributed by atoms with E-state index in [0.29, 0.717) is 15.8 Å². The number of fused-ring (bicyclic) bond motifs is 2. The van der Waals surface area contributed by atoms with Crippen molar-refractivity contribution in [2.24, 2.45) is 4.99 Å². The number of para-hydroxylation sites is 1. The Bertz CT molecular complexity index is 1730. The van der Waals surface area contributed by atoms with E-state index >= 15 is 0 Å². The minimum absolute atomic E-state index is 0.00682. The number of alkyl halides is 6. The van der Waals surface area contributed by atoms with Crippen LogP contribution < -0.4 is 16.6 Å². The van der Waals surface area contributed by atoms with Crippen molar-refractivity contribution in [2.75, 3.05) is 5.32 Å². The molecule has 0 saturated carbocycles. The fourth-order valence-corrected chi connectivity index (χ4v) is 4.85. The van der Waals surface area contributed by atoms with Crippen molar-refractivity contribution in [2.45, 2.75) is 37.8 Å². The Morgan fingerprint density at radius 3 is 2.23 bits per heavy atom. The minimum atomic E-state index is -6.19. The van der Waals surface area contributed by atoms with E-state index in [2.05, 4.69) is 15.3 Å². The molecule has 0 radical (unpaired) electrons. The molecule has 39 heavy (non-hydrogen) atoms. The third-order valence-electron chi connectivity index (χ3n) is 6.64. The number of aryl methyl sites for hydroxylation is 2. The van der Waals surface area contributed by atoms with Gasteiger partial charge in [0.05, 0.1) is 5.56 Å². The number of anilines is 1. The van der Waals surface area contributed by atoms with Crippen molar-refractivity contribution >= 4 is 22.6 Å². The SMILES string of the molecule is Cc1[nH]c2ccccc2c1CCn1c2c(c(=O)[nH]c1=O)C(C(F)(F)F)(C(F)(F)F)N=C(c1ccccc1F)N2. The molecule has 1 aliphatic heterocycles. The van der Waals surface area contributed by atoms with Gasteiger partial charge in [0.1, 0.15) is 23.0 Å². The number of hydrogen-bond donors (Lipinski definition) is 3. The maximum absolute atomic E-state index is 14.6. The summed E-state index contributed by atoms with van der Waals surface area (Å²) in [6.07, 6.45) is -12.4. The number of aliphatic imine (C=N–C) groups is 1. The fraction of sp³-hybridized carbons (Fsp3) is 0.240. The largest absolute Gasteiger partial charge is 0.427 e. The van der Waals surface area contributed by atoms with Gasteiger partial charge in [-0.05, 0) is 37.1 Å². The van der Waals surface area contributed by atoms with Crippen LogP contribution in [0.2, 0.25) is 0 Å². The summed E-state index contributed by atoms with van der Waals surface area (Å²) in [5.74, 6) is -3.39. The van der Waals surface area contributed by atoms with Gasteiger partial charge >= 0.3 is 18.0 Å². The van der Waals surface area contributed by atoms with Gasteiger partial charge in [-0.3, -0.25) is 14.3 Å². The molecule has 0 amide bonds. The lowest BCUT2D eigenvalue weighted by Crippen LogP contribution is -2.59. The van der Waals surface area contributed by atoms with Crippen LogP contribution in [0.3, 0.4) is 0 Å². The first-order valence-electron chi connectivity index (χ1n) is 11.5. The van der Waals surface area contributed by atoms with Crippen molar-refractivity contribution < 1.29 is 30.7 Å². The van der Waals surface area contributed by atoms with Gasteiger partial charge in [-0.25, -0.2) is 14.2 Å². The number of amidine groups is 1. The molecule has 4 aromatic rings. The van der Waals surface area contributed by atoms with Crippen LogP contribution in [0.1, 0.15) is 22.4 Å². The Morgan fingerprint density at radius 2 is 1.56 bits per heavy atom. The fourth-order valence-electron chi connectivity index (χ4n) is 4.85. The van der Waals surface area contributed by atoms with Crippen LogP contribution in [0.5, 0.6) is 0 Å². The maximum atomic E-state index is 14.6. The van der Waals surface area contributed by atoms with Gasteiger partial charge in [-0.15, -0.1) is 0 Å². The molecule has 7 nitrogen and oxygen atoms in total. The second kappa shape index (κ2) is 8.85. The predicted molar refractivity (Wildman–Crippen MR) is 128 cm³/mol. The van der Waals surface area contributed by atoms with Crippen molar-refractivity contribution in [3.8, 4) is 0 Å². The summed E-state index contributed by atoms with van der Waals surface area (Å²) in [5, 5.41) is 2.97. The second-order valence-electron chi connectivity index (χ2n) is 8.93. The topological polar surface area (TPSA) is 95.0 Å². The van der Waals surface area contributed by atoms with Gasteiger partial charge in [0, 0.05) is 23.1 Å². The quantitative estimate of drug-likeness (QED) is 0.314. The van der Waals surface area contributed by atoms with Crippen LogP contribution in [0.25, 0.3) is 10.9 Å². The molecule has 0 spiro atoms. The van der Waals surface area contributed by atoms with E-state index in [4.69, 9.17) is 0 Å². The average molecular weight is 553 g/mol. The molecule has 0 bridgehead atoms. The van der Waals surface area contributed by atoms with E-state index in [0.717, 1.165) is 23.0 Å². The van der Waals surface area contributed by atoms with Crippen molar-refractivity contribution in [3.05, 3.63) is 97.6 Å². The molecule has 2 aromatic heterocycles. The highest BCUT2D eigenvalue weighted by molar-refractivity contribution is 6.10. The highest BCUT2D eigenvalue weighted by atomic mass is 19.4. The van der Waals surface area contributed by atoms with Crippen LogP contribution in [0, 0.1) is 12.7 Å². The molecule has 2 aromatic carbocycles. The van der Waals surface area contributed by atoms with Crippen molar-refractivity contribution in [3.63, 3.8) is 0 Å². The molecular formula is C25H18F7N5O2. The van der Waals surface area contributed by atoms with Gasteiger partial charge in [0.25, 0.3) is 11.1 Å². The van der Waals surface area contributed by atoms with Gasteiger partial charge in [-0.1, -0.05) is 30.3 Å². The van der Waals surface area contributed by atoms with Gasteiger partial charge < -0.3 is 10.3 Å². The Kier molecular flexibility index (Phi) is 5.96. The van der Waals surface area contributed by atoms with Crippen LogP contribution in [-0.4, -0.2) is 32.7 Å². The minimum Gasteiger partial charge on any atom is -0.358 e. The predicted octanol–water partition coefficient (Wildman–Crippen LogP) is 4.90. The van der Waals surface area contributed by atoms with Gasteiger partial charge in [0.15, 0.2) is 0 Å². The molecule has 14 heteroatoms. The highest BCUT2D eigenvalue weighted by Gasteiger charge is 2.75. The lowest BCUT2D eigenvalue weighted by Gasteiger charge is -2.38. The molecule has 0 saturated heterocycles. The number of rotatable bonds is 4. The zero-order valence-corrected chi connectivity index (χ0v) is 19.9. The lowest BCUT2D eigenvalue weighted by atomic mass is 9.87. The maximum Gasteiger partial charge on any atom is 0.427 e. The van der Waals surface area contributed by atoms with Gasteiger partial charge in [-0.2, -0.15) is 26.3 Å². The number of aromatic nitrogens is 3. The molecular weight excluding hydrogens is 535 g/mol. The Hall–Kier alpha value is -4.36. The molecule has 0 atom stereocenters. The van der Waals surface area contributed by atoms with Gasteiger partial charge in [0.2, 0.25) is 0 Å². The number of H-pyrrole nitrogens is 2. The Balaban J connectivity index is 1.76. The summed E-state index contributed by atoms with van der Waals surface area (Å²) in [5.41, 5.74) is -8.77. The normalized spacial score (nSPS) is 15.1. The first-order valence-corrected chi connectivity index (χ1v) is 11.5. The highest BCUT2D eigenvalue weighted by Crippen LogP contribution is 2.55. The van der Waals surface area contributed by atoms with Crippen LogP contribution in [-0.2, 0) is 18.5 Å². The monoisotopic (exact) mass is 553 g/mol. The molecule has 0 fully saturated rings. The summed E-state index contributed by atoms with van der Waals surface area (Å²) < 4.78 is 102. The molecule has 5 rings (SSSR count). The zero-order chi connectivity index (χ0) is 28.3. The number of halogens is 7. The standard InChI is InChI=1S/C25H18F7N5O2/c1-12-13(14-6-3-5-9-17(14)33-12)10-11-37-20-18(21(38)35-22(37)39)23(24(27,28)29,25(30,31)32)36-19(34-20)15-7-2-4-8-16(15)26/h2-9,33H,10-11H2,1H3,(H,34,36)(H,35,38,39). The molecule has 0 aliphatic carbocycles. The second-order valence-corrected chi connectivity index (χ2v) is 8.93. The number of benzene rings is 2. The van der Waals surface area contributed by atoms with E-state index < -0.39 is 64.3 Å². The number of aromatic amines is 2. The molecule has 3 heterocycles. The summed E-state index contributed by atoms with van der Waals surface area (Å²) in [6, 6.07) is 11.2. The summed E-state index contributed by atoms with van der Waals surface area (Å²) in [4.78, 5) is 33.1. The summed E-state index contributed by atoms with van der Waals surface area (Å²) in [6.45, 7) is 1.30. The van der Waals surface area contributed by atoms with E-state index in [1.54, 1.807) is 36.2 Å². The number of nitrogens with one attached hydrogen (secondary N) is 3. The molecule has 1 aliphatic rings. The van der Waals surface area contributed by atoms with Crippen LogP contribution in [0.4, 0.5) is 36.6 Å². The van der Waals surface area contributed by atoms with Crippen molar-refractivity contribution in [1.29, 1.82) is 0 Å². The first kappa shape index (κ1) is 26.3. The van der Waals surface area contributed by atoms with E-state index in [1.807, 2.05) is 0 Å². The third-order valence-corrected chi connectivity index (χ3v) is 6.64. The average Bonchev–Trinajstić information content (AvgIpc) is 3.16. The van der Waals surface area contributed by atoms with E-state index in [9.17, 15) is 40.3 Å². The van der Waals surface area contributed by atoms with E-state index in [-0.39, 0.29) is 6.42 Å². The molecule has 204 valence electrons. The Labute approximate surface area is 214 Å².